The van der Waals surface area contributed by atoms with Gasteiger partial charge in [0, 0.05) is 61.0 Å². The van der Waals surface area contributed by atoms with Gasteiger partial charge >= 0.3 is 0 Å². The van der Waals surface area contributed by atoms with Crippen molar-refractivity contribution in [3.8, 4) is 16.8 Å². The molecule has 1 aliphatic carbocycles. The van der Waals surface area contributed by atoms with Gasteiger partial charge in [-0.1, -0.05) is 31.2 Å². The molecule has 0 saturated carbocycles. The van der Waals surface area contributed by atoms with E-state index in [1.807, 2.05) is 0 Å². The van der Waals surface area contributed by atoms with Gasteiger partial charge < -0.3 is 5.32 Å². The third-order valence-corrected chi connectivity index (χ3v) is 5.07. The van der Waals surface area contributed by atoms with E-state index >= 15 is 0 Å². The quantitative estimate of drug-likeness (QED) is 0.609. The van der Waals surface area contributed by atoms with Crippen LogP contribution in [0.15, 0.2) is 97.6 Å². The van der Waals surface area contributed by atoms with E-state index in [1.165, 1.54) is 11.1 Å². The van der Waals surface area contributed by atoms with E-state index in [4.69, 9.17) is 0 Å². The fourth-order valence-corrected chi connectivity index (χ4v) is 3.45. The van der Waals surface area contributed by atoms with Crippen LogP contribution in [-0.4, -0.2) is 6.54 Å². The minimum absolute atomic E-state index is 0.496. The number of rotatable bonds is 7. The zero-order valence-corrected chi connectivity index (χ0v) is 16.3. The lowest BCUT2D eigenvalue weighted by atomic mass is 10.1. The Balaban J connectivity index is 1.41. The molecule has 0 fully saturated rings. The van der Waals surface area contributed by atoms with E-state index in [9.17, 15) is 0 Å². The smallest absolute Gasteiger partial charge is 0.210 e. The van der Waals surface area contributed by atoms with Crippen LogP contribution in [0.2, 0.25) is 0 Å². The van der Waals surface area contributed by atoms with Crippen LogP contribution < -0.4 is 14.5 Å². The summed E-state index contributed by atoms with van der Waals surface area (Å²) >= 11 is 0. The van der Waals surface area contributed by atoms with E-state index in [0.717, 1.165) is 30.9 Å². The fraction of sp³-hybridized carbons (Fsp3) is 0.200. The summed E-state index contributed by atoms with van der Waals surface area (Å²) in [4.78, 5) is 0. The van der Waals surface area contributed by atoms with Gasteiger partial charge in [0.05, 0.1) is 0 Å². The molecular formula is C25H27N3+2. The second-order valence-electron chi connectivity index (χ2n) is 7.18. The molecule has 140 valence electrons. The molecule has 0 unspecified atom stereocenters. The van der Waals surface area contributed by atoms with E-state index in [0.29, 0.717) is 5.92 Å². The number of hydrogen-bond acceptors (Lipinski definition) is 1. The number of aromatic nitrogens is 2. The number of anilines is 1. The summed E-state index contributed by atoms with van der Waals surface area (Å²) in [6.45, 7) is 4.20. The Labute approximate surface area is 167 Å². The lowest BCUT2D eigenvalue weighted by molar-refractivity contribution is -0.696. The van der Waals surface area contributed by atoms with Crippen molar-refractivity contribution < 1.29 is 9.13 Å². The van der Waals surface area contributed by atoms with Gasteiger partial charge in [-0.3, -0.25) is 0 Å². The lowest BCUT2D eigenvalue weighted by Gasteiger charge is -2.09. The van der Waals surface area contributed by atoms with E-state index in [1.54, 1.807) is 0 Å². The van der Waals surface area contributed by atoms with Gasteiger partial charge in [0.1, 0.15) is 6.54 Å². The number of benzene rings is 1. The summed E-state index contributed by atoms with van der Waals surface area (Å²) in [5.41, 5.74) is 4.79. The maximum Gasteiger partial charge on any atom is 0.210 e. The van der Waals surface area contributed by atoms with Gasteiger partial charge in [0.2, 0.25) is 5.69 Å². The average molecular weight is 370 g/mol. The summed E-state index contributed by atoms with van der Waals surface area (Å²) in [6.07, 6.45) is 18.4. The number of aryl methyl sites for hydroxylation is 1. The average Bonchev–Trinajstić information content (AvgIpc) is 3.27. The normalized spacial score (nSPS) is 13.2. The molecule has 0 spiro atoms. The third-order valence-electron chi connectivity index (χ3n) is 5.07. The standard InChI is InChI=1S/C25H26N3/c1-2-15-27-16-11-22(12-17-27)23-13-18-28(19-14-23)25-9-7-24(8-10-25)26-20-21-5-3-4-6-21/h3-14,16-19,21H,2,15,20H2,1H3/q+1/p+1. The van der Waals surface area contributed by atoms with Crippen LogP contribution in [0.5, 0.6) is 0 Å². The number of nitrogens with zero attached hydrogens (tertiary/aromatic N) is 2. The number of nitrogens with one attached hydrogen (secondary N) is 1. The van der Waals surface area contributed by atoms with Crippen LogP contribution in [0.25, 0.3) is 16.8 Å². The topological polar surface area (TPSA) is 19.8 Å². The Hall–Kier alpha value is -3.20. The Morgan fingerprint density at radius 1 is 0.786 bits per heavy atom. The van der Waals surface area contributed by atoms with E-state index in [-0.39, 0.29) is 0 Å². The van der Waals surface area contributed by atoms with Crippen molar-refractivity contribution in [2.75, 3.05) is 11.9 Å². The predicted octanol–water partition coefficient (Wildman–Crippen LogP) is 4.48. The van der Waals surface area contributed by atoms with Gasteiger partial charge in [-0.15, -0.1) is 0 Å². The largest absolute Gasteiger partial charge is 0.384 e. The van der Waals surface area contributed by atoms with Crippen molar-refractivity contribution in [1.82, 2.24) is 0 Å². The highest BCUT2D eigenvalue weighted by Crippen LogP contribution is 2.17. The molecule has 1 aromatic carbocycles. The van der Waals surface area contributed by atoms with Crippen molar-refractivity contribution in [1.29, 1.82) is 0 Å². The van der Waals surface area contributed by atoms with Crippen LogP contribution in [0.1, 0.15) is 13.3 Å². The first-order valence-corrected chi connectivity index (χ1v) is 10.0. The maximum atomic E-state index is 3.50. The van der Waals surface area contributed by atoms with Crippen LogP contribution in [0.4, 0.5) is 5.69 Å². The molecule has 28 heavy (non-hydrogen) atoms. The lowest BCUT2D eigenvalue weighted by Crippen LogP contribution is -2.32. The first-order valence-electron chi connectivity index (χ1n) is 10.0. The second-order valence-corrected chi connectivity index (χ2v) is 7.18. The van der Waals surface area contributed by atoms with Crippen molar-refractivity contribution in [2.45, 2.75) is 19.9 Å². The fourth-order valence-electron chi connectivity index (χ4n) is 3.45. The predicted molar refractivity (Wildman–Crippen MR) is 114 cm³/mol. The van der Waals surface area contributed by atoms with Crippen LogP contribution >= 0.6 is 0 Å². The molecule has 0 bridgehead atoms. The maximum absolute atomic E-state index is 3.50. The SMILES string of the molecule is CCC[n+]1ccc(-c2cc[n+](-c3ccc(NCC4C=CC=C4)cc3)cc2)cc1. The molecule has 0 radical (unpaired) electrons. The van der Waals surface area contributed by atoms with Gasteiger partial charge in [0.25, 0.3) is 0 Å². The zero-order valence-electron chi connectivity index (χ0n) is 16.3. The molecule has 3 nitrogen and oxygen atoms in total. The minimum atomic E-state index is 0.496. The number of pyridine rings is 2. The Morgan fingerprint density at radius 2 is 1.39 bits per heavy atom. The molecule has 1 N–H and O–H groups in total. The van der Waals surface area contributed by atoms with Gasteiger partial charge in [-0.25, -0.2) is 4.57 Å². The van der Waals surface area contributed by atoms with Gasteiger partial charge in [-0.05, 0) is 23.3 Å². The molecule has 0 amide bonds. The molecule has 3 heteroatoms. The summed E-state index contributed by atoms with van der Waals surface area (Å²) in [5.74, 6) is 0.496. The summed E-state index contributed by atoms with van der Waals surface area (Å²) in [7, 11) is 0. The van der Waals surface area contributed by atoms with Gasteiger partial charge in [0.15, 0.2) is 24.8 Å². The summed E-state index contributed by atoms with van der Waals surface area (Å²) in [5, 5.41) is 3.50. The van der Waals surface area contributed by atoms with E-state index < -0.39 is 0 Å². The monoisotopic (exact) mass is 369 g/mol. The van der Waals surface area contributed by atoms with Crippen LogP contribution in [0.3, 0.4) is 0 Å². The van der Waals surface area contributed by atoms with Crippen molar-refractivity contribution in [3.05, 3.63) is 97.6 Å². The minimum Gasteiger partial charge on any atom is -0.384 e. The molecule has 4 rings (SSSR count). The highest BCUT2D eigenvalue weighted by molar-refractivity contribution is 5.61. The second kappa shape index (κ2) is 8.66. The molecule has 2 heterocycles. The molecule has 3 aromatic rings. The highest BCUT2D eigenvalue weighted by Gasteiger charge is 2.09. The zero-order chi connectivity index (χ0) is 19.2. The number of hydrogen-bond donors (Lipinski definition) is 1. The molecule has 1 aliphatic rings. The van der Waals surface area contributed by atoms with Crippen molar-refractivity contribution >= 4 is 5.69 Å². The summed E-state index contributed by atoms with van der Waals surface area (Å²) in [6, 6.07) is 17.3. The molecule has 0 aliphatic heterocycles. The molecule has 0 atom stereocenters. The Morgan fingerprint density at radius 3 is 2.00 bits per heavy atom. The first kappa shape index (κ1) is 18.2. The van der Waals surface area contributed by atoms with Crippen LogP contribution in [-0.2, 0) is 6.54 Å². The van der Waals surface area contributed by atoms with Gasteiger partial charge in [-0.2, -0.15) is 4.57 Å². The first-order chi connectivity index (χ1) is 13.8. The van der Waals surface area contributed by atoms with Crippen LogP contribution in [0, 0.1) is 5.92 Å². The molecule has 2 aromatic heterocycles. The Bertz CT molecular complexity index is 940. The Kier molecular flexibility index (Phi) is 5.62. The van der Waals surface area contributed by atoms with Crippen molar-refractivity contribution in [2.24, 2.45) is 5.92 Å². The van der Waals surface area contributed by atoms with E-state index in [2.05, 4.69) is 119 Å². The highest BCUT2D eigenvalue weighted by atomic mass is 14.9. The summed E-state index contributed by atoms with van der Waals surface area (Å²) < 4.78 is 4.37. The third kappa shape index (κ3) is 4.37. The molecular weight excluding hydrogens is 342 g/mol. The number of allylic oxidation sites excluding steroid dienone is 2. The molecule has 0 saturated heterocycles. The van der Waals surface area contributed by atoms with Crippen molar-refractivity contribution in [3.63, 3.8) is 0 Å².